The summed E-state index contributed by atoms with van der Waals surface area (Å²) in [5, 5.41) is 15.7. The van der Waals surface area contributed by atoms with E-state index in [0.717, 1.165) is 22.5 Å². The fourth-order valence-corrected chi connectivity index (χ4v) is 6.06. The van der Waals surface area contributed by atoms with Crippen molar-refractivity contribution in [3.63, 3.8) is 0 Å². The van der Waals surface area contributed by atoms with Crippen LogP contribution in [0.1, 0.15) is 51.5 Å². The Balaban J connectivity index is 1.39. The van der Waals surface area contributed by atoms with Gasteiger partial charge < -0.3 is 4.90 Å². The summed E-state index contributed by atoms with van der Waals surface area (Å²) in [4.78, 5) is 2.30. The number of anilines is 1. The number of rotatable bonds is 4. The molecule has 0 aliphatic heterocycles. The molecule has 2 aromatic heterocycles. The van der Waals surface area contributed by atoms with Gasteiger partial charge in [0.05, 0.1) is 11.9 Å². The van der Waals surface area contributed by atoms with Crippen LogP contribution in [0.5, 0.6) is 0 Å². The first-order valence-electron chi connectivity index (χ1n) is 11.1. The van der Waals surface area contributed by atoms with Crippen molar-refractivity contribution in [3.8, 4) is 22.4 Å². The van der Waals surface area contributed by atoms with E-state index in [1.807, 2.05) is 25.1 Å². The first-order chi connectivity index (χ1) is 14.8. The molecule has 5 rings (SSSR count). The number of nitrogens with zero attached hydrogens (tertiary/aromatic N) is 4. The van der Waals surface area contributed by atoms with Crippen LogP contribution in [-0.4, -0.2) is 33.5 Å². The van der Waals surface area contributed by atoms with Crippen molar-refractivity contribution in [2.75, 3.05) is 11.9 Å². The van der Waals surface area contributed by atoms with E-state index >= 15 is 0 Å². The zero-order valence-corrected chi connectivity index (χ0v) is 18.7. The molecule has 0 radical (unpaired) electrons. The van der Waals surface area contributed by atoms with E-state index < -0.39 is 0 Å². The minimum Gasteiger partial charge on any atom is -0.355 e. The Morgan fingerprint density at radius 1 is 1.06 bits per heavy atom. The molecule has 2 aliphatic carbocycles. The van der Waals surface area contributed by atoms with Crippen LogP contribution < -0.4 is 4.90 Å². The van der Waals surface area contributed by atoms with Gasteiger partial charge in [0.15, 0.2) is 5.82 Å². The number of aryl methyl sites for hydroxylation is 1. The molecule has 2 fully saturated rings. The molecule has 0 amide bonds. The van der Waals surface area contributed by atoms with Crippen LogP contribution in [0.2, 0.25) is 0 Å². The summed E-state index contributed by atoms with van der Waals surface area (Å²) in [7, 11) is 2.14. The lowest BCUT2D eigenvalue weighted by Crippen LogP contribution is -2.42. The summed E-state index contributed by atoms with van der Waals surface area (Å²) in [5.41, 5.74) is 4.58. The molecule has 2 bridgehead atoms. The standard InChI is InChI=1S/C25H30FN5/c1-16-9-20(17-13-27-28-14-17)21(26)10-19(16)22-5-6-23(30-29-22)31(4)18-11-24(2)7-8-25(3,12-18)15-24/h5-6,9-10,13-14,18H,7-8,11-12,15H2,1-4H3,(H,27,28)/t18?,24-,25+. The third-order valence-electron chi connectivity index (χ3n) is 7.60. The normalized spacial score (nSPS) is 27.5. The Bertz CT molecular complexity index is 1080. The smallest absolute Gasteiger partial charge is 0.151 e. The van der Waals surface area contributed by atoms with E-state index in [9.17, 15) is 4.39 Å². The highest BCUT2D eigenvalue weighted by Gasteiger charge is 2.49. The number of halogens is 1. The van der Waals surface area contributed by atoms with Gasteiger partial charge in [0.2, 0.25) is 0 Å². The number of hydrogen-bond acceptors (Lipinski definition) is 4. The molecule has 1 N–H and O–H groups in total. The summed E-state index contributed by atoms with van der Waals surface area (Å²) in [6.45, 7) is 6.86. The Labute approximate surface area is 183 Å². The molecule has 3 aromatic rings. The van der Waals surface area contributed by atoms with Gasteiger partial charge in [-0.2, -0.15) is 5.10 Å². The van der Waals surface area contributed by atoms with Crippen LogP contribution in [0.3, 0.4) is 0 Å². The van der Waals surface area contributed by atoms with Crippen LogP contribution >= 0.6 is 0 Å². The predicted octanol–water partition coefficient (Wildman–Crippen LogP) is 5.78. The molecule has 0 saturated heterocycles. The van der Waals surface area contributed by atoms with E-state index in [2.05, 4.69) is 46.2 Å². The van der Waals surface area contributed by atoms with E-state index in [1.165, 1.54) is 32.1 Å². The van der Waals surface area contributed by atoms with Crippen LogP contribution in [0, 0.1) is 23.6 Å². The molecular weight excluding hydrogens is 389 g/mol. The molecule has 162 valence electrons. The quantitative estimate of drug-likeness (QED) is 0.583. The summed E-state index contributed by atoms with van der Waals surface area (Å²) in [6, 6.07) is 7.85. The molecule has 2 heterocycles. The van der Waals surface area contributed by atoms with Gasteiger partial charge in [-0.05, 0) is 79.7 Å². The van der Waals surface area contributed by atoms with Gasteiger partial charge in [-0.25, -0.2) is 4.39 Å². The number of hydrogen-bond donors (Lipinski definition) is 1. The fraction of sp³-hybridized carbons (Fsp3) is 0.480. The molecule has 2 aliphatic rings. The highest BCUT2D eigenvalue weighted by Crippen LogP contribution is 2.58. The molecule has 3 atom stereocenters. The van der Waals surface area contributed by atoms with Gasteiger partial charge >= 0.3 is 0 Å². The third-order valence-corrected chi connectivity index (χ3v) is 7.60. The van der Waals surface area contributed by atoms with Crippen molar-refractivity contribution in [1.82, 2.24) is 20.4 Å². The van der Waals surface area contributed by atoms with Gasteiger partial charge in [-0.1, -0.05) is 13.8 Å². The zero-order chi connectivity index (χ0) is 21.8. The molecule has 1 aromatic carbocycles. The SMILES string of the molecule is Cc1cc(-c2cn[nH]c2)c(F)cc1-c1ccc(N(C)C2C[C@]3(C)CC[C@](C)(C2)C3)nn1. The van der Waals surface area contributed by atoms with Crippen molar-refractivity contribution in [2.24, 2.45) is 10.8 Å². The Morgan fingerprint density at radius 2 is 1.81 bits per heavy atom. The summed E-state index contributed by atoms with van der Waals surface area (Å²) >= 11 is 0. The van der Waals surface area contributed by atoms with E-state index in [-0.39, 0.29) is 5.82 Å². The minimum absolute atomic E-state index is 0.288. The van der Waals surface area contributed by atoms with Gasteiger partial charge in [-0.3, -0.25) is 5.10 Å². The van der Waals surface area contributed by atoms with Crippen molar-refractivity contribution in [2.45, 2.75) is 58.9 Å². The predicted molar refractivity (Wildman–Crippen MR) is 121 cm³/mol. The van der Waals surface area contributed by atoms with Crippen molar-refractivity contribution in [1.29, 1.82) is 0 Å². The Morgan fingerprint density at radius 3 is 2.42 bits per heavy atom. The molecule has 31 heavy (non-hydrogen) atoms. The van der Waals surface area contributed by atoms with Crippen molar-refractivity contribution >= 4 is 5.82 Å². The average Bonchev–Trinajstić information content (AvgIpc) is 3.34. The maximum Gasteiger partial charge on any atom is 0.151 e. The molecule has 2 saturated carbocycles. The number of H-pyrrole nitrogens is 1. The number of benzene rings is 1. The topological polar surface area (TPSA) is 57.7 Å². The monoisotopic (exact) mass is 419 g/mol. The van der Waals surface area contributed by atoms with Gasteiger partial charge in [0, 0.05) is 36.0 Å². The Hall–Kier alpha value is -2.76. The van der Waals surface area contributed by atoms with Crippen LogP contribution in [0.15, 0.2) is 36.7 Å². The lowest BCUT2D eigenvalue weighted by molar-refractivity contribution is 0.148. The number of nitrogens with one attached hydrogen (secondary N) is 1. The number of aromatic nitrogens is 4. The van der Waals surface area contributed by atoms with Crippen molar-refractivity contribution in [3.05, 3.63) is 48.0 Å². The zero-order valence-electron chi connectivity index (χ0n) is 18.7. The lowest BCUT2D eigenvalue weighted by Gasteiger charge is -2.44. The third kappa shape index (κ3) is 3.62. The van der Waals surface area contributed by atoms with Crippen LogP contribution in [-0.2, 0) is 0 Å². The fourth-order valence-electron chi connectivity index (χ4n) is 6.06. The number of aromatic amines is 1. The second-order valence-corrected chi connectivity index (χ2v) is 10.4. The lowest BCUT2D eigenvalue weighted by atomic mass is 9.68. The molecule has 1 unspecified atom stereocenters. The van der Waals surface area contributed by atoms with Gasteiger partial charge in [0.25, 0.3) is 0 Å². The molecular formula is C25H30FN5. The van der Waals surface area contributed by atoms with E-state index in [0.29, 0.717) is 28.1 Å². The number of fused-ring (bicyclic) bond motifs is 2. The minimum atomic E-state index is -0.288. The van der Waals surface area contributed by atoms with E-state index in [1.54, 1.807) is 18.5 Å². The second kappa shape index (κ2) is 7.14. The largest absolute Gasteiger partial charge is 0.355 e. The first kappa shape index (κ1) is 20.2. The van der Waals surface area contributed by atoms with Crippen LogP contribution in [0.4, 0.5) is 10.2 Å². The van der Waals surface area contributed by atoms with Gasteiger partial charge in [0.1, 0.15) is 5.82 Å². The van der Waals surface area contributed by atoms with Crippen LogP contribution in [0.25, 0.3) is 22.4 Å². The summed E-state index contributed by atoms with van der Waals surface area (Å²) in [6.07, 6.45) is 9.75. The average molecular weight is 420 g/mol. The molecule has 6 heteroatoms. The maximum absolute atomic E-state index is 14.8. The second-order valence-electron chi connectivity index (χ2n) is 10.4. The highest BCUT2D eigenvalue weighted by molar-refractivity contribution is 5.72. The Kier molecular flexibility index (Phi) is 4.65. The molecule has 0 spiro atoms. The van der Waals surface area contributed by atoms with E-state index in [4.69, 9.17) is 0 Å². The first-order valence-corrected chi connectivity index (χ1v) is 11.1. The van der Waals surface area contributed by atoms with Crippen molar-refractivity contribution < 1.29 is 4.39 Å². The molecule has 5 nitrogen and oxygen atoms in total. The van der Waals surface area contributed by atoms with Gasteiger partial charge in [-0.15, -0.1) is 10.2 Å². The summed E-state index contributed by atoms with van der Waals surface area (Å²) < 4.78 is 14.8. The summed E-state index contributed by atoms with van der Waals surface area (Å²) in [5.74, 6) is 0.597. The maximum atomic E-state index is 14.8. The highest BCUT2D eigenvalue weighted by atomic mass is 19.1.